The number of carbonyl (C=O) groups is 1. The number of carbonyl (C=O) groups excluding carboxylic acids is 1. The zero-order chi connectivity index (χ0) is 16.4. The van der Waals surface area contributed by atoms with Crippen molar-refractivity contribution in [1.29, 1.82) is 0 Å². The second-order valence-corrected chi connectivity index (χ2v) is 4.96. The van der Waals surface area contributed by atoms with Crippen LogP contribution in [0.25, 0.3) is 0 Å². The van der Waals surface area contributed by atoms with Gasteiger partial charge in [-0.3, -0.25) is 5.32 Å². The first kappa shape index (κ1) is 17.8. The van der Waals surface area contributed by atoms with Crippen molar-refractivity contribution in [2.75, 3.05) is 19.0 Å². The summed E-state index contributed by atoms with van der Waals surface area (Å²) in [5, 5.41) is 9.19. The fourth-order valence-corrected chi connectivity index (χ4v) is 1.69. The largest absolute Gasteiger partial charge is 0.453 e. The minimum Gasteiger partial charge on any atom is -0.453 e. The number of hydrogen-bond acceptors (Lipinski definition) is 3. The van der Waals surface area contributed by atoms with Crippen LogP contribution in [0.4, 0.5) is 10.5 Å². The van der Waals surface area contributed by atoms with E-state index in [4.69, 9.17) is 0 Å². The Bertz CT molecular complexity index is 485. The van der Waals surface area contributed by atoms with Gasteiger partial charge in [0.25, 0.3) is 0 Å². The zero-order valence-corrected chi connectivity index (χ0v) is 13.8. The van der Waals surface area contributed by atoms with Crippen molar-refractivity contribution < 1.29 is 9.53 Å². The van der Waals surface area contributed by atoms with Gasteiger partial charge in [0.2, 0.25) is 0 Å². The SMILES string of the molecule is CCNC(=NCc1ccc(NC(=O)OC)cc1)NC(C)CC. The van der Waals surface area contributed by atoms with Crippen molar-refractivity contribution in [1.82, 2.24) is 10.6 Å². The van der Waals surface area contributed by atoms with E-state index in [9.17, 15) is 4.79 Å². The molecule has 0 heterocycles. The van der Waals surface area contributed by atoms with E-state index in [1.54, 1.807) is 0 Å². The summed E-state index contributed by atoms with van der Waals surface area (Å²) in [4.78, 5) is 15.7. The first-order valence-corrected chi connectivity index (χ1v) is 7.57. The molecule has 1 unspecified atom stereocenters. The molecule has 6 nitrogen and oxygen atoms in total. The van der Waals surface area contributed by atoms with E-state index >= 15 is 0 Å². The molecule has 0 aliphatic carbocycles. The second-order valence-electron chi connectivity index (χ2n) is 4.96. The number of hydrogen-bond donors (Lipinski definition) is 3. The lowest BCUT2D eigenvalue weighted by atomic mass is 10.2. The van der Waals surface area contributed by atoms with E-state index in [2.05, 4.69) is 39.5 Å². The third-order valence-corrected chi connectivity index (χ3v) is 3.15. The first-order valence-electron chi connectivity index (χ1n) is 7.57. The molecule has 0 bridgehead atoms. The number of rotatable bonds is 6. The average molecular weight is 306 g/mol. The zero-order valence-electron chi connectivity index (χ0n) is 13.8. The predicted octanol–water partition coefficient (Wildman–Crippen LogP) is 2.72. The smallest absolute Gasteiger partial charge is 0.411 e. The highest BCUT2D eigenvalue weighted by Crippen LogP contribution is 2.10. The molecule has 0 saturated carbocycles. The molecule has 6 heteroatoms. The van der Waals surface area contributed by atoms with Crippen molar-refractivity contribution in [2.45, 2.75) is 39.8 Å². The van der Waals surface area contributed by atoms with Crippen LogP contribution in [-0.2, 0) is 11.3 Å². The van der Waals surface area contributed by atoms with Crippen molar-refractivity contribution in [3.05, 3.63) is 29.8 Å². The van der Waals surface area contributed by atoms with Gasteiger partial charge in [-0.1, -0.05) is 19.1 Å². The first-order chi connectivity index (χ1) is 10.6. The van der Waals surface area contributed by atoms with Crippen LogP contribution in [0.1, 0.15) is 32.8 Å². The third kappa shape index (κ3) is 6.47. The molecule has 0 spiro atoms. The number of guanidine groups is 1. The topological polar surface area (TPSA) is 74.8 Å². The van der Waals surface area contributed by atoms with Gasteiger partial charge in [-0.05, 0) is 38.0 Å². The quantitative estimate of drug-likeness (QED) is 0.558. The van der Waals surface area contributed by atoms with Gasteiger partial charge in [0, 0.05) is 18.3 Å². The highest BCUT2D eigenvalue weighted by atomic mass is 16.5. The molecule has 0 aliphatic rings. The molecule has 22 heavy (non-hydrogen) atoms. The number of methoxy groups -OCH3 is 1. The predicted molar refractivity (Wildman–Crippen MR) is 90.2 cm³/mol. The van der Waals surface area contributed by atoms with Gasteiger partial charge in [-0.15, -0.1) is 0 Å². The summed E-state index contributed by atoms with van der Waals surface area (Å²) in [5.41, 5.74) is 1.76. The molecule has 0 saturated heterocycles. The number of nitrogens with zero attached hydrogens (tertiary/aromatic N) is 1. The minimum atomic E-state index is -0.474. The highest BCUT2D eigenvalue weighted by Gasteiger charge is 2.03. The van der Waals surface area contributed by atoms with Gasteiger partial charge in [-0.2, -0.15) is 0 Å². The number of anilines is 1. The van der Waals surface area contributed by atoms with Crippen LogP contribution in [0.3, 0.4) is 0 Å². The maximum atomic E-state index is 11.1. The van der Waals surface area contributed by atoms with Gasteiger partial charge < -0.3 is 15.4 Å². The Balaban J connectivity index is 2.63. The summed E-state index contributed by atoms with van der Waals surface area (Å²) in [6.07, 6.45) is 0.566. The van der Waals surface area contributed by atoms with Crippen LogP contribution in [0.5, 0.6) is 0 Å². The molecule has 0 aliphatic heterocycles. The van der Waals surface area contributed by atoms with Crippen molar-refractivity contribution in [3.63, 3.8) is 0 Å². The van der Waals surface area contributed by atoms with Gasteiger partial charge in [-0.25, -0.2) is 9.79 Å². The summed E-state index contributed by atoms with van der Waals surface area (Å²) in [6, 6.07) is 7.90. The molecule has 0 aromatic heterocycles. The molecule has 1 rings (SSSR count). The summed E-state index contributed by atoms with van der Waals surface area (Å²) < 4.78 is 4.55. The number of nitrogens with one attached hydrogen (secondary N) is 3. The Hall–Kier alpha value is -2.24. The van der Waals surface area contributed by atoms with Gasteiger partial charge in [0.1, 0.15) is 0 Å². The summed E-state index contributed by atoms with van der Waals surface area (Å²) in [6.45, 7) is 7.70. The number of benzene rings is 1. The lowest BCUT2D eigenvalue weighted by Crippen LogP contribution is -2.41. The third-order valence-electron chi connectivity index (χ3n) is 3.15. The molecule has 1 atom stereocenters. The Morgan fingerprint density at radius 3 is 2.50 bits per heavy atom. The number of ether oxygens (including phenoxy) is 1. The summed E-state index contributed by atoms with van der Waals surface area (Å²) in [7, 11) is 1.34. The summed E-state index contributed by atoms with van der Waals surface area (Å²) in [5.74, 6) is 0.814. The van der Waals surface area contributed by atoms with Crippen molar-refractivity contribution in [2.24, 2.45) is 4.99 Å². The molecule has 122 valence electrons. The van der Waals surface area contributed by atoms with E-state index in [1.165, 1.54) is 7.11 Å². The maximum absolute atomic E-state index is 11.1. The van der Waals surface area contributed by atoms with Crippen molar-refractivity contribution >= 4 is 17.7 Å². The number of amides is 1. The highest BCUT2D eigenvalue weighted by molar-refractivity contribution is 5.84. The lowest BCUT2D eigenvalue weighted by molar-refractivity contribution is 0.187. The fraction of sp³-hybridized carbons (Fsp3) is 0.500. The minimum absolute atomic E-state index is 0.379. The fourth-order valence-electron chi connectivity index (χ4n) is 1.69. The Morgan fingerprint density at radius 2 is 1.95 bits per heavy atom. The Labute approximate surface area is 132 Å². The average Bonchev–Trinajstić information content (AvgIpc) is 2.53. The Morgan fingerprint density at radius 1 is 1.27 bits per heavy atom. The standard InChI is InChI=1S/C16H26N4O2/c1-5-12(3)19-15(17-6-2)18-11-13-7-9-14(10-8-13)20-16(21)22-4/h7-10,12H,5-6,11H2,1-4H3,(H,20,21)(H2,17,18,19). The van der Waals surface area contributed by atoms with E-state index in [1.807, 2.05) is 31.2 Å². The second kappa shape index (κ2) is 9.65. The molecule has 1 aromatic carbocycles. The Kier molecular flexibility index (Phi) is 7.81. The van der Waals surface area contributed by atoms with E-state index < -0.39 is 6.09 Å². The lowest BCUT2D eigenvalue weighted by Gasteiger charge is -2.16. The van der Waals surface area contributed by atoms with Gasteiger partial charge in [0.15, 0.2) is 5.96 Å². The van der Waals surface area contributed by atoms with E-state index in [0.29, 0.717) is 18.3 Å². The molecular formula is C16H26N4O2. The maximum Gasteiger partial charge on any atom is 0.411 e. The molecule has 3 N–H and O–H groups in total. The summed E-state index contributed by atoms with van der Waals surface area (Å²) >= 11 is 0. The van der Waals surface area contributed by atoms with Crippen LogP contribution in [0.15, 0.2) is 29.3 Å². The van der Waals surface area contributed by atoms with Crippen LogP contribution in [0, 0.1) is 0 Å². The monoisotopic (exact) mass is 306 g/mol. The molecule has 1 aromatic rings. The molecular weight excluding hydrogens is 280 g/mol. The normalized spacial score (nSPS) is 12.5. The van der Waals surface area contributed by atoms with Gasteiger partial charge in [0.05, 0.1) is 13.7 Å². The van der Waals surface area contributed by atoms with Crippen molar-refractivity contribution in [3.8, 4) is 0 Å². The van der Waals surface area contributed by atoms with E-state index in [-0.39, 0.29) is 0 Å². The molecule has 1 amide bonds. The number of aliphatic imine (C=N–C) groups is 1. The van der Waals surface area contributed by atoms with Crippen LogP contribution >= 0.6 is 0 Å². The molecule has 0 radical (unpaired) electrons. The van der Waals surface area contributed by atoms with Crippen LogP contribution in [0.2, 0.25) is 0 Å². The van der Waals surface area contributed by atoms with Gasteiger partial charge >= 0.3 is 6.09 Å². The van der Waals surface area contributed by atoms with E-state index in [0.717, 1.165) is 24.5 Å². The van der Waals surface area contributed by atoms with Crippen LogP contribution in [-0.4, -0.2) is 31.7 Å². The molecule has 0 fully saturated rings. The van der Waals surface area contributed by atoms with Crippen LogP contribution < -0.4 is 16.0 Å².